The van der Waals surface area contributed by atoms with Crippen LogP contribution in [0, 0.1) is 0 Å². The van der Waals surface area contributed by atoms with Gasteiger partial charge in [0.25, 0.3) is 0 Å². The van der Waals surface area contributed by atoms with Crippen molar-refractivity contribution in [2.75, 3.05) is 0 Å². The maximum Gasteiger partial charge on any atom is 0.308 e. The Morgan fingerprint density at radius 1 is 1.37 bits per heavy atom. The van der Waals surface area contributed by atoms with E-state index in [2.05, 4.69) is 4.99 Å². The molecule has 0 radical (unpaired) electrons. The minimum absolute atomic E-state index is 0.00959. The minimum atomic E-state index is -0.862. The van der Waals surface area contributed by atoms with E-state index in [1.54, 1.807) is 29.0 Å². The van der Waals surface area contributed by atoms with Gasteiger partial charge in [0.05, 0.1) is 12.1 Å². The lowest BCUT2D eigenvalue weighted by Gasteiger charge is -1.96. The van der Waals surface area contributed by atoms with Crippen molar-refractivity contribution >= 4 is 46.2 Å². The number of aromatic nitrogens is 1. The van der Waals surface area contributed by atoms with Crippen LogP contribution in [-0.2, 0) is 18.3 Å². The van der Waals surface area contributed by atoms with Crippen LogP contribution >= 0.6 is 34.5 Å². The molecule has 1 N–H and O–H groups in total. The summed E-state index contributed by atoms with van der Waals surface area (Å²) in [4.78, 5) is 16.5. The molecule has 2 aromatic rings. The first-order valence-corrected chi connectivity index (χ1v) is 6.89. The van der Waals surface area contributed by atoms with Crippen molar-refractivity contribution in [1.29, 1.82) is 0 Å². The third kappa shape index (κ3) is 3.83. The van der Waals surface area contributed by atoms with Gasteiger partial charge in [-0.2, -0.15) is 0 Å². The first-order chi connectivity index (χ1) is 8.94. The first kappa shape index (κ1) is 14.1. The fraction of sp³-hybridized carbons (Fsp3) is 0.167. The predicted molar refractivity (Wildman–Crippen MR) is 76.3 cm³/mol. The van der Waals surface area contributed by atoms with E-state index in [0.717, 1.165) is 4.88 Å². The summed E-state index contributed by atoms with van der Waals surface area (Å²) >= 11 is 13.1. The number of benzene rings is 1. The Hall–Kier alpha value is -1.30. The highest BCUT2D eigenvalue weighted by molar-refractivity contribution is 7.09. The molecule has 7 heteroatoms. The molecular weight excluding hydrogens is 307 g/mol. The van der Waals surface area contributed by atoms with Crippen LogP contribution in [-0.4, -0.2) is 15.6 Å². The highest BCUT2D eigenvalue weighted by Gasteiger charge is 2.05. The lowest BCUT2D eigenvalue weighted by molar-refractivity contribution is -0.136. The molecule has 0 aliphatic rings. The number of nitrogens with zero attached hydrogens (tertiary/aromatic N) is 2. The number of aryl methyl sites for hydroxylation is 1. The summed E-state index contributed by atoms with van der Waals surface area (Å²) in [5.74, 6) is -0.862. The number of aliphatic carboxylic acids is 1. The largest absolute Gasteiger partial charge is 0.481 e. The molecule has 0 amide bonds. The van der Waals surface area contributed by atoms with Gasteiger partial charge < -0.3 is 9.67 Å². The summed E-state index contributed by atoms with van der Waals surface area (Å²) in [7, 11) is 1.81. The molecule has 0 fully saturated rings. The lowest BCUT2D eigenvalue weighted by Crippen LogP contribution is -2.07. The first-order valence-electron chi connectivity index (χ1n) is 5.32. The van der Waals surface area contributed by atoms with E-state index < -0.39 is 5.97 Å². The molecule has 1 aromatic heterocycles. The van der Waals surface area contributed by atoms with Gasteiger partial charge in [-0.15, -0.1) is 11.3 Å². The molecule has 19 heavy (non-hydrogen) atoms. The average molecular weight is 317 g/mol. The van der Waals surface area contributed by atoms with Crippen LogP contribution in [0.25, 0.3) is 0 Å². The number of hydrogen-bond donors (Lipinski definition) is 1. The van der Waals surface area contributed by atoms with Crippen LogP contribution in [0.3, 0.4) is 0 Å². The van der Waals surface area contributed by atoms with E-state index in [-0.39, 0.29) is 6.42 Å². The fourth-order valence-corrected chi connectivity index (χ4v) is 3.04. The Kier molecular flexibility index (Phi) is 4.29. The number of hydrogen-bond acceptors (Lipinski definition) is 3. The van der Waals surface area contributed by atoms with Crippen molar-refractivity contribution in [2.24, 2.45) is 12.0 Å². The molecule has 4 nitrogen and oxygen atoms in total. The number of carbonyl (C=O) groups is 1. The highest BCUT2D eigenvalue weighted by atomic mass is 35.5. The molecule has 0 atom stereocenters. The summed E-state index contributed by atoms with van der Waals surface area (Å²) in [5.41, 5.74) is 0.636. The van der Waals surface area contributed by atoms with Crippen LogP contribution in [0.5, 0.6) is 0 Å². The molecule has 0 aliphatic heterocycles. The quantitative estimate of drug-likeness (QED) is 0.945. The zero-order valence-corrected chi connectivity index (χ0v) is 12.3. The Morgan fingerprint density at radius 2 is 2.00 bits per heavy atom. The van der Waals surface area contributed by atoms with E-state index in [1.165, 1.54) is 11.3 Å². The van der Waals surface area contributed by atoms with Crippen molar-refractivity contribution in [2.45, 2.75) is 6.42 Å². The summed E-state index contributed by atoms with van der Waals surface area (Å²) in [6, 6.07) is 5.03. The fourth-order valence-electron chi connectivity index (χ4n) is 1.53. The average Bonchev–Trinajstić information content (AvgIpc) is 2.56. The number of rotatable bonds is 3. The number of carboxylic acids is 1. The van der Waals surface area contributed by atoms with Crippen molar-refractivity contribution in [3.8, 4) is 0 Å². The van der Waals surface area contributed by atoms with Gasteiger partial charge in [-0.1, -0.05) is 23.2 Å². The van der Waals surface area contributed by atoms with Crippen LogP contribution < -0.4 is 4.80 Å². The molecule has 2 rings (SSSR count). The van der Waals surface area contributed by atoms with Gasteiger partial charge in [-0.25, -0.2) is 4.99 Å². The van der Waals surface area contributed by atoms with Gasteiger partial charge in [0, 0.05) is 28.2 Å². The van der Waals surface area contributed by atoms with Crippen molar-refractivity contribution < 1.29 is 9.90 Å². The Morgan fingerprint density at radius 3 is 2.58 bits per heavy atom. The van der Waals surface area contributed by atoms with E-state index >= 15 is 0 Å². The topological polar surface area (TPSA) is 54.6 Å². The van der Waals surface area contributed by atoms with Crippen molar-refractivity contribution in [1.82, 2.24) is 4.57 Å². The second kappa shape index (κ2) is 5.77. The third-order valence-corrected chi connectivity index (χ3v) is 3.77. The van der Waals surface area contributed by atoms with Gasteiger partial charge in [0.1, 0.15) is 0 Å². The summed E-state index contributed by atoms with van der Waals surface area (Å²) in [5, 5.41) is 9.78. The van der Waals surface area contributed by atoms with Crippen LogP contribution in [0.2, 0.25) is 10.0 Å². The zero-order chi connectivity index (χ0) is 14.0. The lowest BCUT2D eigenvalue weighted by atomic mass is 10.3. The molecule has 1 heterocycles. The van der Waals surface area contributed by atoms with Gasteiger partial charge in [-0.05, 0) is 18.2 Å². The predicted octanol–water partition coefficient (Wildman–Crippen LogP) is 3.25. The van der Waals surface area contributed by atoms with Crippen molar-refractivity contribution in [3.63, 3.8) is 0 Å². The SMILES string of the molecule is Cn1cc(CC(=O)O)s/c1=N/c1cc(Cl)cc(Cl)c1. The maximum absolute atomic E-state index is 10.7. The summed E-state index contributed by atoms with van der Waals surface area (Å²) < 4.78 is 1.78. The number of carboxylic acid groups (broad SMARTS) is 1. The second-order valence-electron chi connectivity index (χ2n) is 3.90. The van der Waals surface area contributed by atoms with E-state index in [1.807, 2.05) is 7.05 Å². The monoisotopic (exact) mass is 316 g/mol. The van der Waals surface area contributed by atoms with Gasteiger partial charge in [0.2, 0.25) is 0 Å². The molecule has 0 spiro atoms. The molecule has 0 aliphatic carbocycles. The zero-order valence-electron chi connectivity index (χ0n) is 9.93. The molecule has 0 bridgehead atoms. The molecule has 0 saturated carbocycles. The van der Waals surface area contributed by atoms with Crippen LogP contribution in [0.4, 0.5) is 5.69 Å². The molecular formula is C12H10Cl2N2O2S. The Bertz CT molecular complexity index is 671. The molecule has 0 saturated heterocycles. The third-order valence-electron chi connectivity index (χ3n) is 2.26. The smallest absolute Gasteiger partial charge is 0.308 e. The normalized spacial score (nSPS) is 11.8. The van der Waals surface area contributed by atoms with Crippen LogP contribution in [0.15, 0.2) is 29.4 Å². The maximum atomic E-state index is 10.7. The van der Waals surface area contributed by atoms with E-state index in [4.69, 9.17) is 28.3 Å². The van der Waals surface area contributed by atoms with Crippen molar-refractivity contribution in [3.05, 3.63) is 44.1 Å². The van der Waals surface area contributed by atoms with Crippen LogP contribution in [0.1, 0.15) is 4.88 Å². The van der Waals surface area contributed by atoms with Gasteiger partial charge >= 0.3 is 5.97 Å². The van der Waals surface area contributed by atoms with E-state index in [9.17, 15) is 4.79 Å². The molecule has 0 unspecified atom stereocenters. The molecule has 100 valence electrons. The Balaban J connectivity index is 2.42. The number of thiazole rings is 1. The van der Waals surface area contributed by atoms with Gasteiger partial charge in [0.15, 0.2) is 4.80 Å². The number of halogens is 2. The summed E-state index contributed by atoms with van der Waals surface area (Å²) in [6.45, 7) is 0. The minimum Gasteiger partial charge on any atom is -0.481 e. The second-order valence-corrected chi connectivity index (χ2v) is 5.87. The van der Waals surface area contributed by atoms with E-state index in [0.29, 0.717) is 20.5 Å². The summed E-state index contributed by atoms with van der Waals surface area (Å²) in [6.07, 6.45) is 1.74. The highest BCUT2D eigenvalue weighted by Crippen LogP contribution is 2.24. The molecule has 1 aromatic carbocycles. The standard InChI is InChI=1S/C12H10Cl2N2O2S/c1-16-6-10(5-11(17)18)19-12(16)15-9-3-7(13)2-8(14)4-9/h2-4,6H,5H2,1H3,(H,17,18)/b15-12+. The Labute approximate surface area is 123 Å². The van der Waals surface area contributed by atoms with Gasteiger partial charge in [-0.3, -0.25) is 4.79 Å².